The zero-order chi connectivity index (χ0) is 24.8. The van der Waals surface area contributed by atoms with E-state index in [4.69, 9.17) is 9.26 Å². The molecular weight excluding hydrogens is 512 g/mol. The molecule has 1 aliphatic rings. The van der Waals surface area contributed by atoms with Gasteiger partial charge in [0.25, 0.3) is 5.91 Å². The number of likely N-dealkylation sites (tertiary alicyclic amines) is 1. The topological polar surface area (TPSA) is 88.8 Å². The maximum absolute atomic E-state index is 13.4. The fourth-order valence-corrected chi connectivity index (χ4v) is 4.41. The van der Waals surface area contributed by atoms with Crippen molar-refractivity contribution in [2.75, 3.05) is 26.7 Å². The Labute approximate surface area is 212 Å². The number of methoxy groups -OCH3 is 1. The standard InChI is InChI=1S/C26H27BrN4O4/c1-3-14-30(26(33)19-7-6-8-21(16-19)34-2)17-23(32)31-15-5-4-9-22(31)25-28-24(29-35-25)18-10-12-20(27)13-11-18/h3,6-8,10-13,16,22H,1,4-5,9,14-15,17H2,2H3. The molecule has 1 saturated heterocycles. The molecule has 1 unspecified atom stereocenters. The molecule has 1 fully saturated rings. The second-order valence-corrected chi connectivity index (χ2v) is 9.18. The van der Waals surface area contributed by atoms with Crippen molar-refractivity contribution in [3.63, 3.8) is 0 Å². The van der Waals surface area contributed by atoms with E-state index < -0.39 is 0 Å². The molecular formula is C26H27BrN4O4. The van der Waals surface area contributed by atoms with Crippen molar-refractivity contribution in [1.29, 1.82) is 0 Å². The van der Waals surface area contributed by atoms with Gasteiger partial charge in [-0.2, -0.15) is 4.98 Å². The molecule has 2 amide bonds. The number of benzene rings is 2. The highest BCUT2D eigenvalue weighted by atomic mass is 79.9. The Hall–Kier alpha value is -3.46. The van der Waals surface area contributed by atoms with Gasteiger partial charge >= 0.3 is 0 Å². The molecule has 2 heterocycles. The quantitative estimate of drug-likeness (QED) is 0.379. The Balaban J connectivity index is 1.52. The molecule has 182 valence electrons. The van der Waals surface area contributed by atoms with Gasteiger partial charge in [0.1, 0.15) is 18.3 Å². The third kappa shape index (κ3) is 5.79. The van der Waals surface area contributed by atoms with Gasteiger partial charge in [-0.25, -0.2) is 0 Å². The number of halogens is 1. The van der Waals surface area contributed by atoms with Crippen molar-refractivity contribution in [1.82, 2.24) is 19.9 Å². The third-order valence-electron chi connectivity index (χ3n) is 5.93. The highest BCUT2D eigenvalue weighted by Crippen LogP contribution is 2.31. The monoisotopic (exact) mass is 538 g/mol. The average molecular weight is 539 g/mol. The van der Waals surface area contributed by atoms with E-state index >= 15 is 0 Å². The average Bonchev–Trinajstić information content (AvgIpc) is 3.38. The molecule has 1 atom stereocenters. The summed E-state index contributed by atoms with van der Waals surface area (Å²) >= 11 is 3.42. The summed E-state index contributed by atoms with van der Waals surface area (Å²) in [6, 6.07) is 14.2. The summed E-state index contributed by atoms with van der Waals surface area (Å²) in [6.45, 7) is 4.48. The Morgan fingerprint density at radius 3 is 2.80 bits per heavy atom. The van der Waals surface area contributed by atoms with Crippen LogP contribution in [0.2, 0.25) is 0 Å². The molecule has 1 aromatic heterocycles. The van der Waals surface area contributed by atoms with Crippen LogP contribution in [-0.4, -0.2) is 58.5 Å². The van der Waals surface area contributed by atoms with E-state index in [2.05, 4.69) is 32.6 Å². The number of piperidine rings is 1. The molecule has 0 saturated carbocycles. The molecule has 0 N–H and O–H groups in total. The van der Waals surface area contributed by atoms with Crippen LogP contribution in [0.5, 0.6) is 5.75 Å². The first-order valence-electron chi connectivity index (χ1n) is 11.4. The molecule has 3 aromatic rings. The molecule has 0 bridgehead atoms. The lowest BCUT2D eigenvalue weighted by Gasteiger charge is -2.35. The van der Waals surface area contributed by atoms with Crippen LogP contribution in [0, 0.1) is 0 Å². The van der Waals surface area contributed by atoms with Gasteiger partial charge in [0.2, 0.25) is 17.6 Å². The molecule has 0 spiro atoms. The maximum atomic E-state index is 13.4. The summed E-state index contributed by atoms with van der Waals surface area (Å²) in [5.74, 6) is 1.03. The van der Waals surface area contributed by atoms with Crippen molar-refractivity contribution in [2.45, 2.75) is 25.3 Å². The van der Waals surface area contributed by atoms with Crippen molar-refractivity contribution < 1.29 is 18.8 Å². The number of amides is 2. The lowest BCUT2D eigenvalue weighted by atomic mass is 10.0. The summed E-state index contributed by atoms with van der Waals surface area (Å²) in [6.07, 6.45) is 4.16. The lowest BCUT2D eigenvalue weighted by Crippen LogP contribution is -2.46. The smallest absolute Gasteiger partial charge is 0.254 e. The van der Waals surface area contributed by atoms with Gasteiger partial charge < -0.3 is 19.1 Å². The summed E-state index contributed by atoms with van der Waals surface area (Å²) in [5.41, 5.74) is 1.28. The van der Waals surface area contributed by atoms with E-state index in [9.17, 15) is 9.59 Å². The van der Waals surface area contributed by atoms with E-state index in [1.54, 1.807) is 42.4 Å². The predicted octanol–water partition coefficient (Wildman–Crippen LogP) is 4.89. The van der Waals surface area contributed by atoms with E-state index in [1.165, 1.54) is 4.90 Å². The summed E-state index contributed by atoms with van der Waals surface area (Å²) in [5, 5.41) is 4.13. The first-order valence-corrected chi connectivity index (χ1v) is 12.2. The predicted molar refractivity (Wildman–Crippen MR) is 135 cm³/mol. The van der Waals surface area contributed by atoms with Crippen molar-refractivity contribution in [2.24, 2.45) is 0 Å². The maximum Gasteiger partial charge on any atom is 0.254 e. The molecule has 9 heteroatoms. The van der Waals surface area contributed by atoms with Crippen LogP contribution < -0.4 is 4.74 Å². The Bertz CT molecular complexity index is 1190. The number of carbonyl (C=O) groups excluding carboxylic acids is 2. The van der Waals surface area contributed by atoms with E-state index in [1.807, 2.05) is 24.3 Å². The summed E-state index contributed by atoms with van der Waals surface area (Å²) in [7, 11) is 1.55. The normalized spacial score (nSPS) is 15.5. The largest absolute Gasteiger partial charge is 0.497 e. The fourth-order valence-electron chi connectivity index (χ4n) is 4.14. The Morgan fingerprint density at radius 2 is 2.06 bits per heavy atom. The molecule has 4 rings (SSSR count). The number of aromatic nitrogens is 2. The SMILES string of the molecule is C=CCN(CC(=O)N1CCCCC1c1nc(-c2ccc(Br)cc2)no1)C(=O)c1cccc(OC)c1. The highest BCUT2D eigenvalue weighted by molar-refractivity contribution is 9.10. The van der Waals surface area contributed by atoms with Crippen LogP contribution in [0.1, 0.15) is 41.6 Å². The van der Waals surface area contributed by atoms with Gasteiger partial charge in [0.15, 0.2) is 0 Å². The summed E-state index contributed by atoms with van der Waals surface area (Å²) < 4.78 is 11.8. The molecule has 0 radical (unpaired) electrons. The first kappa shape index (κ1) is 24.7. The van der Waals surface area contributed by atoms with Crippen LogP contribution in [0.15, 0.2) is 70.2 Å². The van der Waals surface area contributed by atoms with Gasteiger partial charge in [0.05, 0.1) is 7.11 Å². The number of hydrogen-bond acceptors (Lipinski definition) is 6. The number of nitrogens with zero attached hydrogens (tertiary/aromatic N) is 4. The second kappa shape index (κ2) is 11.3. The minimum Gasteiger partial charge on any atom is -0.497 e. The number of rotatable bonds is 8. The number of hydrogen-bond donors (Lipinski definition) is 0. The first-order chi connectivity index (χ1) is 17.0. The molecule has 8 nitrogen and oxygen atoms in total. The highest BCUT2D eigenvalue weighted by Gasteiger charge is 2.33. The Morgan fingerprint density at radius 1 is 1.26 bits per heavy atom. The minimum atomic E-state index is -0.328. The second-order valence-electron chi connectivity index (χ2n) is 8.27. The zero-order valence-corrected chi connectivity index (χ0v) is 21.1. The van der Waals surface area contributed by atoms with Crippen LogP contribution in [-0.2, 0) is 4.79 Å². The van der Waals surface area contributed by atoms with Gasteiger partial charge in [-0.05, 0) is 61.7 Å². The van der Waals surface area contributed by atoms with Crippen molar-refractivity contribution in [3.8, 4) is 17.1 Å². The van der Waals surface area contributed by atoms with E-state index in [0.717, 1.165) is 29.3 Å². The molecule has 0 aliphatic carbocycles. The van der Waals surface area contributed by atoms with E-state index in [0.29, 0.717) is 29.6 Å². The van der Waals surface area contributed by atoms with Gasteiger partial charge in [-0.3, -0.25) is 9.59 Å². The minimum absolute atomic E-state index is 0.0771. The van der Waals surface area contributed by atoms with Crippen LogP contribution in [0.4, 0.5) is 0 Å². The van der Waals surface area contributed by atoms with Crippen molar-refractivity contribution in [3.05, 3.63) is 77.1 Å². The number of carbonyl (C=O) groups is 2. The third-order valence-corrected chi connectivity index (χ3v) is 6.46. The number of ether oxygens (including phenoxy) is 1. The molecule has 2 aromatic carbocycles. The van der Waals surface area contributed by atoms with Gasteiger partial charge in [-0.15, -0.1) is 6.58 Å². The van der Waals surface area contributed by atoms with Crippen molar-refractivity contribution >= 4 is 27.7 Å². The van der Waals surface area contributed by atoms with Gasteiger partial charge in [0, 0.05) is 28.7 Å². The zero-order valence-electron chi connectivity index (χ0n) is 19.5. The van der Waals surface area contributed by atoms with Crippen LogP contribution in [0.25, 0.3) is 11.4 Å². The molecule has 1 aliphatic heterocycles. The van der Waals surface area contributed by atoms with Gasteiger partial charge in [-0.1, -0.05) is 33.2 Å². The molecule has 35 heavy (non-hydrogen) atoms. The van der Waals surface area contributed by atoms with Crippen LogP contribution >= 0.6 is 15.9 Å². The fraction of sp³-hybridized carbons (Fsp3) is 0.308. The Kier molecular flexibility index (Phi) is 7.97. The summed E-state index contributed by atoms with van der Waals surface area (Å²) in [4.78, 5) is 34.4. The van der Waals surface area contributed by atoms with E-state index in [-0.39, 0.29) is 30.9 Å². The van der Waals surface area contributed by atoms with Crippen LogP contribution in [0.3, 0.4) is 0 Å². The lowest BCUT2D eigenvalue weighted by molar-refractivity contribution is -0.136.